The summed E-state index contributed by atoms with van der Waals surface area (Å²) in [5.74, 6) is 0. The summed E-state index contributed by atoms with van der Waals surface area (Å²) in [5, 5.41) is 11.2. The zero-order valence-corrected chi connectivity index (χ0v) is 14.8. The number of nitrogens with zero attached hydrogens (tertiary/aromatic N) is 2. The number of piperazine rings is 1. The molecule has 128 valence electrons. The third-order valence-corrected chi connectivity index (χ3v) is 6.43. The molecular formula is C14H21ClN3O4S+. The highest BCUT2D eigenvalue weighted by Gasteiger charge is 2.32. The summed E-state index contributed by atoms with van der Waals surface area (Å²) in [6, 6.07) is 2.40. The molecule has 0 saturated carbocycles. The van der Waals surface area contributed by atoms with Gasteiger partial charge in [-0.2, -0.15) is 4.31 Å². The standard InChI is InChI=1S/C14H20ClN3O4S/c1-3-4-16-5-7-17(8-6-16)23(21,22)12-9-13(15)11(2)14(10-12)18(19)20/h9-10H,3-8H2,1-2H3/p+1. The van der Waals surface area contributed by atoms with Gasteiger partial charge in [0.15, 0.2) is 0 Å². The van der Waals surface area contributed by atoms with Gasteiger partial charge in [0, 0.05) is 11.6 Å². The summed E-state index contributed by atoms with van der Waals surface area (Å²) in [6.07, 6.45) is 1.06. The van der Waals surface area contributed by atoms with Crippen LogP contribution in [-0.2, 0) is 10.0 Å². The first kappa shape index (κ1) is 18.1. The molecule has 1 fully saturated rings. The summed E-state index contributed by atoms with van der Waals surface area (Å²) < 4.78 is 26.8. The van der Waals surface area contributed by atoms with Gasteiger partial charge in [-0.3, -0.25) is 10.1 Å². The Bertz CT molecular complexity index is 700. The second-order valence-corrected chi connectivity index (χ2v) is 8.06. The fourth-order valence-electron chi connectivity index (χ4n) is 2.77. The highest BCUT2D eigenvalue weighted by atomic mass is 35.5. The van der Waals surface area contributed by atoms with Crippen molar-refractivity contribution in [3.05, 3.63) is 32.8 Å². The van der Waals surface area contributed by atoms with E-state index >= 15 is 0 Å². The molecule has 1 N–H and O–H groups in total. The molecule has 7 nitrogen and oxygen atoms in total. The highest BCUT2D eigenvalue weighted by Crippen LogP contribution is 2.30. The lowest BCUT2D eigenvalue weighted by atomic mass is 10.2. The van der Waals surface area contributed by atoms with Crippen LogP contribution >= 0.6 is 11.6 Å². The van der Waals surface area contributed by atoms with E-state index in [9.17, 15) is 18.5 Å². The van der Waals surface area contributed by atoms with Crippen molar-refractivity contribution in [2.75, 3.05) is 32.7 Å². The number of benzene rings is 1. The number of rotatable bonds is 5. The van der Waals surface area contributed by atoms with Gasteiger partial charge in [-0.05, 0) is 19.4 Å². The Morgan fingerprint density at radius 1 is 1.35 bits per heavy atom. The van der Waals surface area contributed by atoms with Crippen molar-refractivity contribution in [2.45, 2.75) is 25.2 Å². The van der Waals surface area contributed by atoms with E-state index in [2.05, 4.69) is 6.92 Å². The van der Waals surface area contributed by atoms with Crippen molar-refractivity contribution in [1.82, 2.24) is 4.31 Å². The summed E-state index contributed by atoms with van der Waals surface area (Å²) in [5.41, 5.74) is -0.000792. The van der Waals surface area contributed by atoms with E-state index in [4.69, 9.17) is 11.6 Å². The third kappa shape index (κ3) is 3.82. The minimum Gasteiger partial charge on any atom is -0.333 e. The molecule has 0 aromatic heterocycles. The van der Waals surface area contributed by atoms with E-state index < -0.39 is 14.9 Å². The number of halogens is 1. The van der Waals surface area contributed by atoms with E-state index in [1.807, 2.05) is 0 Å². The largest absolute Gasteiger partial charge is 0.333 e. The molecule has 2 rings (SSSR count). The summed E-state index contributed by atoms with van der Waals surface area (Å²) in [7, 11) is -3.76. The van der Waals surface area contributed by atoms with E-state index in [0.717, 1.165) is 32.1 Å². The smallest absolute Gasteiger partial charge is 0.275 e. The number of hydrogen-bond donors (Lipinski definition) is 1. The Morgan fingerprint density at radius 3 is 2.48 bits per heavy atom. The van der Waals surface area contributed by atoms with Gasteiger partial charge in [0.1, 0.15) is 0 Å². The normalized spacial score (nSPS) is 17.3. The first-order valence-corrected chi connectivity index (χ1v) is 9.37. The van der Waals surface area contributed by atoms with Crippen molar-refractivity contribution in [3.63, 3.8) is 0 Å². The minimum absolute atomic E-state index is 0.0908. The van der Waals surface area contributed by atoms with Crippen molar-refractivity contribution in [3.8, 4) is 0 Å². The molecule has 1 saturated heterocycles. The van der Waals surface area contributed by atoms with Gasteiger partial charge in [-0.15, -0.1) is 0 Å². The van der Waals surface area contributed by atoms with Crippen LogP contribution in [0, 0.1) is 17.0 Å². The predicted molar refractivity (Wildman–Crippen MR) is 87.5 cm³/mol. The lowest BCUT2D eigenvalue weighted by molar-refractivity contribution is -0.903. The van der Waals surface area contributed by atoms with Crippen molar-refractivity contribution in [1.29, 1.82) is 0 Å². The zero-order valence-electron chi connectivity index (χ0n) is 13.2. The fourth-order valence-corrected chi connectivity index (χ4v) is 4.54. The molecule has 9 heteroatoms. The molecule has 0 unspecified atom stereocenters. The molecule has 1 heterocycles. The topological polar surface area (TPSA) is 85.0 Å². The lowest BCUT2D eigenvalue weighted by Crippen LogP contribution is -3.14. The van der Waals surface area contributed by atoms with Gasteiger partial charge in [0.25, 0.3) is 5.69 Å². The second kappa shape index (κ2) is 7.12. The summed E-state index contributed by atoms with van der Waals surface area (Å²) in [4.78, 5) is 11.7. The van der Waals surface area contributed by atoms with Crippen LogP contribution in [0.5, 0.6) is 0 Å². The molecule has 1 aromatic carbocycles. The molecule has 23 heavy (non-hydrogen) atoms. The Labute approximate surface area is 141 Å². The quantitative estimate of drug-likeness (QED) is 0.621. The summed E-state index contributed by atoms with van der Waals surface area (Å²) >= 11 is 5.98. The molecule has 1 aliphatic heterocycles. The molecule has 0 bridgehead atoms. The van der Waals surface area contributed by atoms with Gasteiger partial charge in [-0.1, -0.05) is 18.5 Å². The average molecular weight is 363 g/mol. The number of nitrogens with one attached hydrogen (secondary N) is 1. The van der Waals surface area contributed by atoms with E-state index in [0.29, 0.717) is 13.1 Å². The third-order valence-electron chi connectivity index (χ3n) is 4.16. The van der Waals surface area contributed by atoms with Crippen LogP contribution in [0.3, 0.4) is 0 Å². The monoisotopic (exact) mass is 362 g/mol. The van der Waals surface area contributed by atoms with Gasteiger partial charge in [0.05, 0.1) is 47.6 Å². The van der Waals surface area contributed by atoms with E-state index in [1.165, 1.54) is 22.2 Å². The van der Waals surface area contributed by atoms with Crippen LogP contribution in [0.2, 0.25) is 5.02 Å². The van der Waals surface area contributed by atoms with Crippen molar-refractivity contribution in [2.24, 2.45) is 0 Å². The average Bonchev–Trinajstić information content (AvgIpc) is 2.50. The molecular weight excluding hydrogens is 342 g/mol. The number of nitro benzene ring substituents is 1. The van der Waals surface area contributed by atoms with E-state index in [1.54, 1.807) is 0 Å². The number of quaternary nitrogens is 1. The molecule has 0 aliphatic carbocycles. The molecule has 0 atom stereocenters. The molecule has 0 amide bonds. The van der Waals surface area contributed by atoms with Gasteiger partial charge in [-0.25, -0.2) is 8.42 Å². The maximum atomic E-state index is 12.7. The maximum absolute atomic E-state index is 12.7. The summed E-state index contributed by atoms with van der Waals surface area (Å²) in [6.45, 7) is 6.94. The van der Waals surface area contributed by atoms with Crippen LogP contribution in [-0.4, -0.2) is 50.4 Å². The van der Waals surface area contributed by atoms with Crippen LogP contribution in [0.15, 0.2) is 17.0 Å². The SMILES string of the molecule is CCC[NH+]1CCN(S(=O)(=O)c2cc(Cl)c(C)c([N+](=O)[O-])c2)CC1. The molecule has 0 radical (unpaired) electrons. The zero-order chi connectivity index (χ0) is 17.2. The van der Waals surface area contributed by atoms with Crippen LogP contribution in [0.25, 0.3) is 0 Å². The number of nitro groups is 1. The number of sulfonamides is 1. The highest BCUT2D eigenvalue weighted by molar-refractivity contribution is 7.89. The van der Waals surface area contributed by atoms with Gasteiger partial charge in [0.2, 0.25) is 10.0 Å². The van der Waals surface area contributed by atoms with Gasteiger partial charge >= 0.3 is 0 Å². The second-order valence-electron chi connectivity index (χ2n) is 5.71. The Hall–Kier alpha value is -1.22. The first-order chi connectivity index (χ1) is 10.8. The van der Waals surface area contributed by atoms with E-state index in [-0.39, 0.29) is 21.2 Å². The van der Waals surface area contributed by atoms with Crippen LogP contribution < -0.4 is 4.90 Å². The fraction of sp³-hybridized carbons (Fsp3) is 0.571. The Kier molecular flexibility index (Phi) is 5.61. The molecule has 1 aliphatic rings. The predicted octanol–water partition coefficient (Wildman–Crippen LogP) is 0.856. The van der Waals surface area contributed by atoms with Crippen LogP contribution in [0.1, 0.15) is 18.9 Å². The maximum Gasteiger partial charge on any atom is 0.275 e. The van der Waals surface area contributed by atoms with Crippen molar-refractivity contribution >= 4 is 27.3 Å². The lowest BCUT2D eigenvalue weighted by Gasteiger charge is -2.31. The minimum atomic E-state index is -3.76. The Balaban J connectivity index is 2.29. The van der Waals surface area contributed by atoms with Crippen molar-refractivity contribution < 1.29 is 18.2 Å². The number of hydrogen-bond acceptors (Lipinski definition) is 4. The Morgan fingerprint density at radius 2 is 1.96 bits per heavy atom. The molecule has 1 aromatic rings. The first-order valence-electron chi connectivity index (χ1n) is 7.55. The van der Waals surface area contributed by atoms with Gasteiger partial charge < -0.3 is 4.90 Å². The van der Waals surface area contributed by atoms with Crippen LogP contribution in [0.4, 0.5) is 5.69 Å². The molecule has 0 spiro atoms.